The van der Waals surface area contributed by atoms with Crippen LogP contribution in [-0.4, -0.2) is 31.8 Å². The van der Waals surface area contributed by atoms with Crippen LogP contribution in [0.15, 0.2) is 21.9 Å². The molecule has 0 atom stereocenters. The van der Waals surface area contributed by atoms with Gasteiger partial charge in [-0.2, -0.15) is 16.8 Å². The lowest BCUT2D eigenvalue weighted by Crippen LogP contribution is -2.15. The fourth-order valence-electron chi connectivity index (χ4n) is 1.35. The second-order valence-corrected chi connectivity index (χ2v) is 6.52. The van der Waals surface area contributed by atoms with E-state index < -0.39 is 47.3 Å². The van der Waals surface area contributed by atoms with Crippen molar-refractivity contribution in [1.29, 1.82) is 0 Å². The topological polar surface area (TPSA) is 164 Å². The molecule has 0 aromatic heterocycles. The van der Waals surface area contributed by atoms with Gasteiger partial charge in [-0.05, 0) is 12.1 Å². The molecule has 5 N–H and O–H groups in total. The van der Waals surface area contributed by atoms with Crippen LogP contribution in [0.4, 0.5) is 11.4 Å². The van der Waals surface area contributed by atoms with Gasteiger partial charge in [0.25, 0.3) is 20.2 Å². The minimum atomic E-state index is -4.74. The standard InChI is InChI=1S/C9H12N2O7S2/c1-2-9(12)11-6-4-7(19(13,14)15)5(10)3-8(6)20(16,17)18/h3-4H,2,10H2,1H3,(H,11,12)(H,13,14,15)(H,16,17,18). The molecule has 20 heavy (non-hydrogen) atoms. The fraction of sp³-hybridized carbons (Fsp3) is 0.222. The summed E-state index contributed by atoms with van der Waals surface area (Å²) in [6.07, 6.45) is -0.0174. The number of carbonyl (C=O) groups is 1. The second kappa shape index (κ2) is 5.36. The van der Waals surface area contributed by atoms with Crippen molar-refractivity contribution in [2.45, 2.75) is 23.1 Å². The van der Waals surface area contributed by atoms with Crippen LogP contribution < -0.4 is 11.1 Å². The number of amides is 1. The Morgan fingerprint density at radius 2 is 1.65 bits per heavy atom. The molecule has 11 heteroatoms. The Bertz CT molecular complexity index is 753. The Hall–Kier alpha value is -1.69. The van der Waals surface area contributed by atoms with Gasteiger partial charge in [-0.1, -0.05) is 6.92 Å². The van der Waals surface area contributed by atoms with Crippen LogP contribution in [-0.2, 0) is 25.0 Å². The van der Waals surface area contributed by atoms with Gasteiger partial charge in [0.2, 0.25) is 5.91 Å². The smallest absolute Gasteiger partial charge is 0.296 e. The molecule has 0 radical (unpaired) electrons. The summed E-state index contributed by atoms with van der Waals surface area (Å²) in [6.45, 7) is 1.48. The normalized spacial score (nSPS) is 12.2. The SMILES string of the molecule is CCC(=O)Nc1cc(S(=O)(=O)O)c(N)cc1S(=O)(=O)O. The molecule has 112 valence electrons. The van der Waals surface area contributed by atoms with Crippen LogP contribution in [0.5, 0.6) is 0 Å². The number of rotatable bonds is 4. The molecule has 1 aromatic rings. The zero-order valence-corrected chi connectivity index (χ0v) is 11.8. The Morgan fingerprint density at radius 3 is 2.05 bits per heavy atom. The molecule has 1 aromatic carbocycles. The van der Waals surface area contributed by atoms with E-state index in [1.165, 1.54) is 6.92 Å². The van der Waals surface area contributed by atoms with Gasteiger partial charge in [0, 0.05) is 6.42 Å². The lowest BCUT2D eigenvalue weighted by molar-refractivity contribution is -0.115. The van der Waals surface area contributed by atoms with Gasteiger partial charge in [0.1, 0.15) is 9.79 Å². The van der Waals surface area contributed by atoms with Crippen LogP contribution in [0.3, 0.4) is 0 Å². The number of carbonyl (C=O) groups excluding carboxylic acids is 1. The summed E-state index contributed by atoms with van der Waals surface area (Å²) in [7, 11) is -9.46. The van der Waals surface area contributed by atoms with Crippen LogP contribution in [0.1, 0.15) is 13.3 Å². The molecule has 0 saturated heterocycles. The molecule has 0 unspecified atom stereocenters. The van der Waals surface area contributed by atoms with E-state index in [0.29, 0.717) is 12.1 Å². The zero-order chi connectivity index (χ0) is 15.7. The molecule has 1 rings (SSSR count). The predicted octanol–water partition coefficient (Wildman–Crippen LogP) is 0.111. The Balaban J connectivity index is 3.63. The van der Waals surface area contributed by atoms with Gasteiger partial charge in [-0.15, -0.1) is 0 Å². The van der Waals surface area contributed by atoms with E-state index in [0.717, 1.165) is 0 Å². The molecule has 0 heterocycles. The summed E-state index contributed by atoms with van der Waals surface area (Å²) in [5.74, 6) is -0.624. The summed E-state index contributed by atoms with van der Waals surface area (Å²) in [5, 5.41) is 2.10. The van der Waals surface area contributed by atoms with Gasteiger partial charge < -0.3 is 11.1 Å². The predicted molar refractivity (Wildman–Crippen MR) is 69.4 cm³/mol. The number of anilines is 2. The van der Waals surface area contributed by atoms with E-state index in [1.54, 1.807) is 0 Å². The van der Waals surface area contributed by atoms with Crippen LogP contribution in [0.25, 0.3) is 0 Å². The first-order valence-electron chi connectivity index (χ1n) is 5.15. The average molecular weight is 324 g/mol. The summed E-state index contributed by atoms with van der Waals surface area (Å²) < 4.78 is 62.5. The number of nitrogens with one attached hydrogen (secondary N) is 1. The zero-order valence-electron chi connectivity index (χ0n) is 10.2. The second-order valence-electron chi connectivity index (χ2n) is 3.74. The third-order valence-corrected chi connectivity index (χ3v) is 4.07. The van der Waals surface area contributed by atoms with E-state index in [-0.39, 0.29) is 6.42 Å². The Labute approximate surface area is 115 Å². The molecular formula is C9H12N2O7S2. The van der Waals surface area contributed by atoms with Gasteiger partial charge in [0.15, 0.2) is 0 Å². The van der Waals surface area contributed by atoms with Crippen LogP contribution >= 0.6 is 0 Å². The van der Waals surface area contributed by atoms with Crippen LogP contribution in [0.2, 0.25) is 0 Å². The minimum absolute atomic E-state index is 0.0174. The monoisotopic (exact) mass is 324 g/mol. The molecule has 0 aliphatic heterocycles. The third kappa shape index (κ3) is 3.66. The van der Waals surface area contributed by atoms with Crippen molar-refractivity contribution in [3.05, 3.63) is 12.1 Å². The van der Waals surface area contributed by atoms with E-state index in [2.05, 4.69) is 5.32 Å². The quantitative estimate of drug-likeness (QED) is 0.447. The molecule has 9 nitrogen and oxygen atoms in total. The molecular weight excluding hydrogens is 312 g/mol. The molecule has 1 amide bonds. The highest BCUT2D eigenvalue weighted by atomic mass is 32.2. The highest BCUT2D eigenvalue weighted by Crippen LogP contribution is 2.30. The first-order valence-corrected chi connectivity index (χ1v) is 8.03. The number of hydrogen-bond donors (Lipinski definition) is 4. The summed E-state index contributed by atoms with van der Waals surface area (Å²) in [6, 6.07) is 1.28. The maximum atomic E-state index is 11.3. The van der Waals surface area contributed by atoms with Crippen molar-refractivity contribution in [3.63, 3.8) is 0 Å². The van der Waals surface area contributed by atoms with Gasteiger partial charge in [-0.25, -0.2) is 0 Å². The molecule has 0 aliphatic carbocycles. The Kier molecular flexibility index (Phi) is 4.39. The largest absolute Gasteiger partial charge is 0.398 e. The van der Waals surface area contributed by atoms with Crippen molar-refractivity contribution >= 4 is 37.5 Å². The van der Waals surface area contributed by atoms with E-state index >= 15 is 0 Å². The number of hydrogen-bond acceptors (Lipinski definition) is 6. The maximum Gasteiger partial charge on any atom is 0.296 e. The molecule has 0 spiro atoms. The lowest BCUT2D eigenvalue weighted by atomic mass is 10.2. The maximum absolute atomic E-state index is 11.3. The molecule has 0 fully saturated rings. The van der Waals surface area contributed by atoms with E-state index in [4.69, 9.17) is 14.8 Å². The highest BCUT2D eigenvalue weighted by molar-refractivity contribution is 7.86. The Morgan fingerprint density at radius 1 is 1.15 bits per heavy atom. The van der Waals surface area contributed by atoms with Crippen molar-refractivity contribution < 1.29 is 30.7 Å². The van der Waals surface area contributed by atoms with Gasteiger partial charge in [0.05, 0.1) is 11.4 Å². The van der Waals surface area contributed by atoms with Gasteiger partial charge in [-0.3, -0.25) is 13.9 Å². The number of benzene rings is 1. The molecule has 0 bridgehead atoms. The summed E-state index contributed by atoms with van der Waals surface area (Å²) in [4.78, 5) is 9.72. The summed E-state index contributed by atoms with van der Waals surface area (Å²) in [5.41, 5.74) is 4.22. The molecule has 0 aliphatic rings. The third-order valence-electron chi connectivity index (χ3n) is 2.26. The summed E-state index contributed by atoms with van der Waals surface area (Å²) >= 11 is 0. The highest BCUT2D eigenvalue weighted by Gasteiger charge is 2.23. The van der Waals surface area contributed by atoms with E-state index in [1.807, 2.05) is 0 Å². The first kappa shape index (κ1) is 16.4. The minimum Gasteiger partial charge on any atom is -0.398 e. The number of nitrogens with two attached hydrogens (primary N) is 1. The first-order chi connectivity index (χ1) is 8.96. The van der Waals surface area contributed by atoms with E-state index in [9.17, 15) is 21.6 Å². The average Bonchev–Trinajstić information content (AvgIpc) is 2.27. The number of nitrogen functional groups attached to an aromatic ring is 1. The van der Waals surface area contributed by atoms with Crippen LogP contribution in [0, 0.1) is 0 Å². The van der Waals surface area contributed by atoms with Crippen molar-refractivity contribution in [3.8, 4) is 0 Å². The van der Waals surface area contributed by atoms with Crippen molar-refractivity contribution in [1.82, 2.24) is 0 Å². The van der Waals surface area contributed by atoms with Crippen molar-refractivity contribution in [2.75, 3.05) is 11.1 Å². The lowest BCUT2D eigenvalue weighted by Gasteiger charge is -2.12. The van der Waals surface area contributed by atoms with Gasteiger partial charge >= 0.3 is 0 Å². The fourth-order valence-corrected chi connectivity index (χ4v) is 2.64. The van der Waals surface area contributed by atoms with Crippen molar-refractivity contribution in [2.24, 2.45) is 0 Å². The molecule has 0 saturated carbocycles.